The van der Waals surface area contributed by atoms with Gasteiger partial charge in [-0.25, -0.2) is 8.78 Å². The Hall–Kier alpha value is -1.00. The van der Waals surface area contributed by atoms with Gasteiger partial charge in [-0.05, 0) is 24.1 Å². The van der Waals surface area contributed by atoms with Crippen LogP contribution >= 0.6 is 0 Å². The fourth-order valence-electron chi connectivity index (χ4n) is 2.40. The Kier molecular flexibility index (Phi) is 7.10. The predicted molar refractivity (Wildman–Crippen MR) is 79.9 cm³/mol. The van der Waals surface area contributed by atoms with Crippen molar-refractivity contribution in [2.75, 3.05) is 19.6 Å². The summed E-state index contributed by atoms with van der Waals surface area (Å²) in [5, 5.41) is 0. The minimum atomic E-state index is -2.43. The number of nitrogens with two attached hydrogens (primary N) is 1. The predicted octanol–water partition coefficient (Wildman–Crippen LogP) is 3.99. The molecule has 0 aliphatic heterocycles. The number of rotatable bonds is 8. The molecule has 2 nitrogen and oxygen atoms in total. The van der Waals surface area contributed by atoms with Gasteiger partial charge in [0.25, 0.3) is 6.43 Å². The van der Waals surface area contributed by atoms with Crippen LogP contribution in [0.3, 0.4) is 0 Å². The summed E-state index contributed by atoms with van der Waals surface area (Å²) in [4.78, 5) is 2.28. The maximum absolute atomic E-state index is 12.8. The van der Waals surface area contributed by atoms with Crippen LogP contribution in [0.4, 0.5) is 8.78 Å². The molecule has 1 aromatic carbocycles. The summed E-state index contributed by atoms with van der Waals surface area (Å²) in [6.07, 6.45) is -1.33. The molecule has 0 bridgehead atoms. The topological polar surface area (TPSA) is 29.3 Å². The molecule has 0 radical (unpaired) electrons. The molecule has 1 aromatic rings. The zero-order valence-corrected chi connectivity index (χ0v) is 12.7. The summed E-state index contributed by atoms with van der Waals surface area (Å²) in [5.74, 6) is 0.572. The maximum Gasteiger partial charge on any atom is 0.263 e. The van der Waals surface area contributed by atoms with E-state index in [-0.39, 0.29) is 11.6 Å². The second-order valence-corrected chi connectivity index (χ2v) is 5.32. The first-order chi connectivity index (χ1) is 9.53. The molecule has 0 aliphatic carbocycles. The molecular formula is C16H26F2N2. The highest BCUT2D eigenvalue weighted by atomic mass is 19.3. The molecule has 0 saturated heterocycles. The van der Waals surface area contributed by atoms with Crippen LogP contribution in [0.15, 0.2) is 24.3 Å². The van der Waals surface area contributed by atoms with Gasteiger partial charge in [-0.1, -0.05) is 45.4 Å². The summed E-state index contributed by atoms with van der Waals surface area (Å²) in [6, 6.07) is 6.64. The minimum Gasteiger partial charge on any atom is -0.329 e. The van der Waals surface area contributed by atoms with Crippen molar-refractivity contribution in [3.63, 3.8) is 0 Å². The van der Waals surface area contributed by atoms with Gasteiger partial charge in [-0.15, -0.1) is 0 Å². The third-order valence-electron chi connectivity index (χ3n) is 3.86. The second-order valence-electron chi connectivity index (χ2n) is 5.32. The van der Waals surface area contributed by atoms with Crippen molar-refractivity contribution >= 4 is 0 Å². The average molecular weight is 284 g/mol. The summed E-state index contributed by atoms with van der Waals surface area (Å²) >= 11 is 0. The van der Waals surface area contributed by atoms with E-state index in [0.717, 1.165) is 25.1 Å². The van der Waals surface area contributed by atoms with Crippen LogP contribution in [0.5, 0.6) is 0 Å². The first-order valence-corrected chi connectivity index (χ1v) is 7.35. The van der Waals surface area contributed by atoms with E-state index in [4.69, 9.17) is 5.73 Å². The lowest BCUT2D eigenvalue weighted by Gasteiger charge is -2.32. The van der Waals surface area contributed by atoms with Gasteiger partial charge in [-0.2, -0.15) is 0 Å². The van der Waals surface area contributed by atoms with Gasteiger partial charge in [0.15, 0.2) is 0 Å². The molecular weight excluding hydrogens is 258 g/mol. The van der Waals surface area contributed by atoms with Crippen molar-refractivity contribution in [1.82, 2.24) is 4.90 Å². The fourth-order valence-corrected chi connectivity index (χ4v) is 2.40. The Morgan fingerprint density at radius 3 is 2.35 bits per heavy atom. The van der Waals surface area contributed by atoms with Crippen molar-refractivity contribution in [2.24, 2.45) is 11.7 Å². The number of nitrogens with zero attached hydrogens (tertiary/aromatic N) is 1. The van der Waals surface area contributed by atoms with E-state index >= 15 is 0 Å². The van der Waals surface area contributed by atoms with Crippen molar-refractivity contribution in [3.05, 3.63) is 35.4 Å². The van der Waals surface area contributed by atoms with Gasteiger partial charge < -0.3 is 5.73 Å². The van der Waals surface area contributed by atoms with Gasteiger partial charge in [0, 0.05) is 24.7 Å². The monoisotopic (exact) mass is 284 g/mol. The van der Waals surface area contributed by atoms with Gasteiger partial charge in [-0.3, -0.25) is 4.90 Å². The standard InChI is InChI=1S/C16H26F2N2/c1-4-12(3)11-20(5-2)15(10-19)13-7-6-8-14(9-13)16(17)18/h6-9,12,15-16H,4-5,10-11,19H2,1-3H3. The average Bonchev–Trinajstić information content (AvgIpc) is 2.46. The van der Waals surface area contributed by atoms with E-state index in [1.807, 2.05) is 6.07 Å². The van der Waals surface area contributed by atoms with Crippen molar-refractivity contribution in [2.45, 2.75) is 39.7 Å². The van der Waals surface area contributed by atoms with Crippen LogP contribution in [0, 0.1) is 5.92 Å². The molecule has 0 amide bonds. The third-order valence-corrected chi connectivity index (χ3v) is 3.86. The number of halogens is 2. The van der Waals surface area contributed by atoms with Crippen LogP contribution in [-0.2, 0) is 0 Å². The molecule has 0 aromatic heterocycles. The largest absolute Gasteiger partial charge is 0.329 e. The third kappa shape index (κ3) is 4.53. The Morgan fingerprint density at radius 2 is 1.85 bits per heavy atom. The smallest absolute Gasteiger partial charge is 0.263 e. The van der Waals surface area contributed by atoms with E-state index in [1.54, 1.807) is 12.1 Å². The van der Waals surface area contributed by atoms with Crippen LogP contribution in [0.2, 0.25) is 0 Å². The molecule has 0 aliphatic rings. The molecule has 0 saturated carbocycles. The SMILES string of the molecule is CCC(C)CN(CC)C(CN)c1cccc(C(F)F)c1. The van der Waals surface area contributed by atoms with Gasteiger partial charge in [0.05, 0.1) is 0 Å². The first-order valence-electron chi connectivity index (χ1n) is 7.35. The molecule has 114 valence electrons. The van der Waals surface area contributed by atoms with E-state index < -0.39 is 6.43 Å². The Balaban J connectivity index is 2.95. The number of hydrogen-bond acceptors (Lipinski definition) is 2. The number of likely N-dealkylation sites (N-methyl/N-ethyl adjacent to an activating group) is 1. The highest BCUT2D eigenvalue weighted by Gasteiger charge is 2.20. The lowest BCUT2D eigenvalue weighted by atomic mass is 10.0. The quantitative estimate of drug-likeness (QED) is 0.782. The Morgan fingerprint density at radius 1 is 1.20 bits per heavy atom. The van der Waals surface area contributed by atoms with Gasteiger partial charge in [0.2, 0.25) is 0 Å². The van der Waals surface area contributed by atoms with Crippen molar-refractivity contribution in [3.8, 4) is 0 Å². The molecule has 2 unspecified atom stereocenters. The van der Waals surface area contributed by atoms with E-state index in [0.29, 0.717) is 12.5 Å². The molecule has 0 fully saturated rings. The number of benzene rings is 1. The number of alkyl halides is 2. The van der Waals surface area contributed by atoms with E-state index in [1.165, 1.54) is 6.07 Å². The van der Waals surface area contributed by atoms with Crippen LogP contribution in [0.1, 0.15) is 50.8 Å². The lowest BCUT2D eigenvalue weighted by Crippen LogP contribution is -2.36. The van der Waals surface area contributed by atoms with Crippen molar-refractivity contribution in [1.29, 1.82) is 0 Å². The first kappa shape index (κ1) is 17.1. The molecule has 2 atom stereocenters. The molecule has 2 N–H and O–H groups in total. The Bertz CT molecular complexity index is 396. The highest BCUT2D eigenvalue weighted by Crippen LogP contribution is 2.26. The maximum atomic E-state index is 12.8. The van der Waals surface area contributed by atoms with Crippen LogP contribution in [-0.4, -0.2) is 24.5 Å². The Labute approximate surface area is 121 Å². The lowest BCUT2D eigenvalue weighted by molar-refractivity contribution is 0.150. The van der Waals surface area contributed by atoms with Gasteiger partial charge >= 0.3 is 0 Å². The molecule has 1 rings (SSSR count). The summed E-state index contributed by atoms with van der Waals surface area (Å²) in [5.41, 5.74) is 6.85. The molecule has 20 heavy (non-hydrogen) atoms. The summed E-state index contributed by atoms with van der Waals surface area (Å²) in [6.45, 7) is 8.69. The summed E-state index contributed by atoms with van der Waals surface area (Å²) < 4.78 is 25.6. The fraction of sp³-hybridized carbons (Fsp3) is 0.625. The molecule has 4 heteroatoms. The minimum absolute atomic E-state index is 0.00713. The molecule has 0 spiro atoms. The van der Waals surface area contributed by atoms with Crippen LogP contribution < -0.4 is 5.73 Å². The number of hydrogen-bond donors (Lipinski definition) is 1. The normalized spacial score (nSPS) is 14.8. The summed E-state index contributed by atoms with van der Waals surface area (Å²) in [7, 11) is 0. The van der Waals surface area contributed by atoms with E-state index in [9.17, 15) is 8.78 Å². The zero-order valence-electron chi connectivity index (χ0n) is 12.7. The van der Waals surface area contributed by atoms with Crippen molar-refractivity contribution < 1.29 is 8.78 Å². The second kappa shape index (κ2) is 8.32. The van der Waals surface area contributed by atoms with E-state index in [2.05, 4.69) is 25.7 Å². The van der Waals surface area contributed by atoms with Gasteiger partial charge in [0.1, 0.15) is 0 Å². The van der Waals surface area contributed by atoms with Crippen LogP contribution in [0.25, 0.3) is 0 Å². The zero-order chi connectivity index (χ0) is 15.1. The molecule has 0 heterocycles. The highest BCUT2D eigenvalue weighted by molar-refractivity contribution is 5.27.